The lowest BCUT2D eigenvalue weighted by Gasteiger charge is -2.18. The third kappa shape index (κ3) is 3.42. The third-order valence-electron chi connectivity index (χ3n) is 3.59. The Morgan fingerprint density at radius 3 is 2.42 bits per heavy atom. The van der Waals surface area contributed by atoms with E-state index in [1.165, 1.54) is 17.2 Å². The zero-order chi connectivity index (χ0) is 13.7. The summed E-state index contributed by atoms with van der Waals surface area (Å²) in [5.74, 6) is -0.133. The summed E-state index contributed by atoms with van der Waals surface area (Å²) >= 11 is 0. The van der Waals surface area contributed by atoms with E-state index < -0.39 is 0 Å². The molecule has 19 heavy (non-hydrogen) atoms. The van der Waals surface area contributed by atoms with Gasteiger partial charge in [-0.1, -0.05) is 42.5 Å². The van der Waals surface area contributed by atoms with Crippen molar-refractivity contribution in [2.75, 3.05) is 7.05 Å². The lowest BCUT2D eigenvalue weighted by molar-refractivity contribution is 0.508. The predicted octanol–water partition coefficient (Wildman–Crippen LogP) is 4.03. The second kappa shape index (κ2) is 6.48. The molecular weight excluding hydrogens is 237 g/mol. The van der Waals surface area contributed by atoms with E-state index in [0.717, 1.165) is 18.4 Å². The van der Waals surface area contributed by atoms with Crippen LogP contribution in [-0.4, -0.2) is 7.05 Å². The van der Waals surface area contributed by atoms with Gasteiger partial charge in [-0.15, -0.1) is 0 Å². The third-order valence-corrected chi connectivity index (χ3v) is 3.59. The average Bonchev–Trinajstić information content (AvgIpc) is 2.43. The van der Waals surface area contributed by atoms with E-state index in [4.69, 9.17) is 0 Å². The minimum atomic E-state index is -0.133. The number of benzene rings is 2. The van der Waals surface area contributed by atoms with Gasteiger partial charge in [0.05, 0.1) is 0 Å². The highest BCUT2D eigenvalue weighted by Gasteiger charge is 2.13. The molecule has 0 radical (unpaired) electrons. The van der Waals surface area contributed by atoms with Crippen molar-refractivity contribution >= 4 is 0 Å². The Balaban J connectivity index is 2.09. The summed E-state index contributed by atoms with van der Waals surface area (Å²) in [4.78, 5) is 0. The molecule has 0 amide bonds. The van der Waals surface area contributed by atoms with Gasteiger partial charge in [-0.05, 0) is 44.0 Å². The van der Waals surface area contributed by atoms with Crippen LogP contribution in [-0.2, 0) is 6.42 Å². The maximum Gasteiger partial charge on any atom is 0.127 e. The van der Waals surface area contributed by atoms with Crippen LogP contribution >= 0.6 is 0 Å². The van der Waals surface area contributed by atoms with Crippen molar-refractivity contribution in [1.29, 1.82) is 0 Å². The highest BCUT2D eigenvalue weighted by molar-refractivity contribution is 5.27. The molecule has 0 spiro atoms. The molecule has 2 aromatic rings. The van der Waals surface area contributed by atoms with Gasteiger partial charge in [-0.3, -0.25) is 0 Å². The first-order valence-corrected chi connectivity index (χ1v) is 6.68. The Hall–Kier alpha value is -1.67. The second-order valence-electron chi connectivity index (χ2n) is 4.83. The lowest BCUT2D eigenvalue weighted by atomic mass is 9.96. The van der Waals surface area contributed by atoms with E-state index in [1.54, 1.807) is 6.07 Å². The van der Waals surface area contributed by atoms with E-state index >= 15 is 0 Å². The summed E-state index contributed by atoms with van der Waals surface area (Å²) in [7, 11) is 1.88. The van der Waals surface area contributed by atoms with E-state index in [2.05, 4.69) is 30.4 Å². The molecule has 2 heteroatoms. The smallest absolute Gasteiger partial charge is 0.127 e. The fourth-order valence-electron chi connectivity index (χ4n) is 2.40. The second-order valence-corrected chi connectivity index (χ2v) is 4.83. The Labute approximate surface area is 114 Å². The zero-order valence-electron chi connectivity index (χ0n) is 11.5. The number of hydrogen-bond acceptors (Lipinski definition) is 1. The van der Waals surface area contributed by atoms with Crippen LogP contribution in [0.1, 0.15) is 29.2 Å². The molecule has 0 heterocycles. The first-order valence-electron chi connectivity index (χ1n) is 6.68. The Kier molecular flexibility index (Phi) is 4.69. The monoisotopic (exact) mass is 257 g/mol. The number of rotatable bonds is 5. The Morgan fingerprint density at radius 2 is 1.74 bits per heavy atom. The summed E-state index contributed by atoms with van der Waals surface area (Å²) in [5, 5.41) is 3.21. The largest absolute Gasteiger partial charge is 0.313 e. The molecule has 0 fully saturated rings. The SMILES string of the molecule is CNC(CCc1ccccc1C)c1ccccc1F. The van der Waals surface area contributed by atoms with Crippen molar-refractivity contribution in [2.24, 2.45) is 0 Å². The summed E-state index contributed by atoms with van der Waals surface area (Å²) < 4.78 is 13.8. The molecule has 1 unspecified atom stereocenters. The van der Waals surface area contributed by atoms with E-state index in [-0.39, 0.29) is 11.9 Å². The number of halogens is 1. The average molecular weight is 257 g/mol. The first-order chi connectivity index (χ1) is 9.22. The Morgan fingerprint density at radius 1 is 1.05 bits per heavy atom. The summed E-state index contributed by atoms with van der Waals surface area (Å²) in [6, 6.07) is 15.4. The topological polar surface area (TPSA) is 12.0 Å². The van der Waals surface area contributed by atoms with Crippen molar-refractivity contribution in [3.63, 3.8) is 0 Å². The standard InChI is InChI=1S/C17H20FN/c1-13-7-3-4-8-14(13)11-12-17(19-2)15-9-5-6-10-16(15)18/h3-10,17,19H,11-12H2,1-2H3. The van der Waals surface area contributed by atoms with Gasteiger partial charge >= 0.3 is 0 Å². The quantitative estimate of drug-likeness (QED) is 0.852. The summed E-state index contributed by atoms with van der Waals surface area (Å²) in [5.41, 5.74) is 3.38. The van der Waals surface area contributed by atoms with Crippen molar-refractivity contribution in [2.45, 2.75) is 25.8 Å². The number of aryl methyl sites for hydroxylation is 2. The van der Waals surface area contributed by atoms with E-state index in [0.29, 0.717) is 0 Å². The summed E-state index contributed by atoms with van der Waals surface area (Å²) in [6.07, 6.45) is 1.84. The molecule has 0 saturated heterocycles. The van der Waals surface area contributed by atoms with Gasteiger partial charge in [0.1, 0.15) is 5.82 Å². The molecule has 0 saturated carbocycles. The molecule has 0 aliphatic heterocycles. The van der Waals surface area contributed by atoms with Crippen molar-refractivity contribution in [1.82, 2.24) is 5.32 Å². The van der Waals surface area contributed by atoms with Gasteiger partial charge in [0.25, 0.3) is 0 Å². The lowest BCUT2D eigenvalue weighted by Crippen LogP contribution is -2.18. The fourth-order valence-corrected chi connectivity index (χ4v) is 2.40. The molecule has 0 bridgehead atoms. The van der Waals surface area contributed by atoms with Crippen molar-refractivity contribution in [3.8, 4) is 0 Å². The van der Waals surface area contributed by atoms with Gasteiger partial charge in [-0.2, -0.15) is 0 Å². The van der Waals surface area contributed by atoms with Crippen LogP contribution in [0, 0.1) is 12.7 Å². The van der Waals surface area contributed by atoms with Gasteiger partial charge in [0.2, 0.25) is 0 Å². The molecule has 0 aliphatic rings. The highest BCUT2D eigenvalue weighted by atomic mass is 19.1. The molecule has 2 aromatic carbocycles. The minimum Gasteiger partial charge on any atom is -0.313 e. The predicted molar refractivity (Wildman–Crippen MR) is 77.7 cm³/mol. The van der Waals surface area contributed by atoms with Gasteiger partial charge < -0.3 is 5.32 Å². The molecule has 1 N–H and O–H groups in total. The van der Waals surface area contributed by atoms with Crippen LogP contribution in [0.3, 0.4) is 0 Å². The van der Waals surface area contributed by atoms with Crippen LogP contribution in [0.4, 0.5) is 4.39 Å². The zero-order valence-corrected chi connectivity index (χ0v) is 11.5. The minimum absolute atomic E-state index is 0.0563. The molecule has 0 aromatic heterocycles. The van der Waals surface area contributed by atoms with Gasteiger partial charge in [0, 0.05) is 11.6 Å². The van der Waals surface area contributed by atoms with Crippen LogP contribution in [0.15, 0.2) is 48.5 Å². The maximum absolute atomic E-state index is 13.8. The molecule has 2 rings (SSSR count). The van der Waals surface area contributed by atoms with Gasteiger partial charge in [-0.25, -0.2) is 4.39 Å². The number of hydrogen-bond donors (Lipinski definition) is 1. The van der Waals surface area contributed by atoms with Gasteiger partial charge in [0.15, 0.2) is 0 Å². The molecule has 1 atom stereocenters. The molecular formula is C17H20FN. The van der Waals surface area contributed by atoms with Crippen LogP contribution in [0.2, 0.25) is 0 Å². The van der Waals surface area contributed by atoms with Crippen LogP contribution in [0.5, 0.6) is 0 Å². The number of nitrogens with one attached hydrogen (secondary N) is 1. The van der Waals surface area contributed by atoms with Crippen LogP contribution < -0.4 is 5.32 Å². The normalized spacial score (nSPS) is 12.4. The van der Waals surface area contributed by atoms with Crippen molar-refractivity contribution in [3.05, 3.63) is 71.0 Å². The first kappa shape index (κ1) is 13.8. The maximum atomic E-state index is 13.8. The van der Waals surface area contributed by atoms with Crippen molar-refractivity contribution < 1.29 is 4.39 Å². The van der Waals surface area contributed by atoms with E-state index in [1.807, 2.05) is 25.2 Å². The highest BCUT2D eigenvalue weighted by Crippen LogP contribution is 2.22. The molecule has 1 nitrogen and oxygen atoms in total. The molecule has 100 valence electrons. The molecule has 0 aliphatic carbocycles. The summed E-state index contributed by atoms with van der Waals surface area (Å²) in [6.45, 7) is 2.12. The van der Waals surface area contributed by atoms with Crippen LogP contribution in [0.25, 0.3) is 0 Å². The fraction of sp³-hybridized carbons (Fsp3) is 0.294. The Bertz CT molecular complexity index is 536. The van der Waals surface area contributed by atoms with E-state index in [9.17, 15) is 4.39 Å².